The number of benzene rings is 1. The van der Waals surface area contributed by atoms with E-state index < -0.39 is 29.6 Å². The van der Waals surface area contributed by atoms with Crippen LogP contribution in [0.4, 0.5) is 8.78 Å². The standard InChI is InChI=1S/C16H19F2NO3/c17-16(18,15(21)8-4-9-15)14(20)19-12-7-10-22-13(12)11-5-2-1-3-6-11/h1-3,5-6,12-13,21H,4,7-10H2,(H,19,20). The van der Waals surface area contributed by atoms with Gasteiger partial charge in [0.05, 0.1) is 6.04 Å². The molecule has 1 saturated carbocycles. The topological polar surface area (TPSA) is 58.6 Å². The fourth-order valence-electron chi connectivity index (χ4n) is 3.00. The van der Waals surface area contributed by atoms with Crippen LogP contribution in [-0.2, 0) is 9.53 Å². The van der Waals surface area contributed by atoms with Crippen LogP contribution in [0.25, 0.3) is 0 Å². The van der Waals surface area contributed by atoms with Gasteiger partial charge in [-0.05, 0) is 31.2 Å². The number of amides is 1. The summed E-state index contributed by atoms with van der Waals surface area (Å²) < 4.78 is 33.8. The molecule has 2 N–H and O–H groups in total. The van der Waals surface area contributed by atoms with Crippen LogP contribution in [0.2, 0.25) is 0 Å². The third kappa shape index (κ3) is 2.50. The molecule has 6 heteroatoms. The summed E-state index contributed by atoms with van der Waals surface area (Å²) in [5, 5.41) is 12.2. The maximum absolute atomic E-state index is 14.1. The number of ether oxygens (including phenoxy) is 1. The Morgan fingerprint density at radius 2 is 2.00 bits per heavy atom. The predicted molar refractivity (Wildman–Crippen MR) is 75.4 cm³/mol. The summed E-state index contributed by atoms with van der Waals surface area (Å²) in [6.45, 7) is 0.403. The van der Waals surface area contributed by atoms with E-state index in [4.69, 9.17) is 4.74 Å². The maximum Gasteiger partial charge on any atom is 0.352 e. The van der Waals surface area contributed by atoms with E-state index in [1.165, 1.54) is 0 Å². The van der Waals surface area contributed by atoms with Crippen molar-refractivity contribution in [1.82, 2.24) is 5.32 Å². The van der Waals surface area contributed by atoms with Gasteiger partial charge in [-0.15, -0.1) is 0 Å². The number of aliphatic hydroxyl groups is 1. The largest absolute Gasteiger partial charge is 0.383 e. The summed E-state index contributed by atoms with van der Waals surface area (Å²) >= 11 is 0. The fraction of sp³-hybridized carbons (Fsp3) is 0.562. The molecule has 120 valence electrons. The van der Waals surface area contributed by atoms with Crippen molar-refractivity contribution < 1.29 is 23.4 Å². The van der Waals surface area contributed by atoms with Gasteiger partial charge in [0.15, 0.2) is 0 Å². The van der Waals surface area contributed by atoms with Crippen molar-refractivity contribution in [3.63, 3.8) is 0 Å². The van der Waals surface area contributed by atoms with E-state index in [9.17, 15) is 18.7 Å². The molecule has 1 heterocycles. The van der Waals surface area contributed by atoms with Crippen molar-refractivity contribution in [2.24, 2.45) is 0 Å². The molecule has 22 heavy (non-hydrogen) atoms. The Kier molecular flexibility index (Phi) is 3.91. The third-order valence-electron chi connectivity index (χ3n) is 4.59. The van der Waals surface area contributed by atoms with E-state index in [2.05, 4.69) is 5.32 Å². The van der Waals surface area contributed by atoms with Crippen LogP contribution < -0.4 is 5.32 Å². The van der Waals surface area contributed by atoms with Gasteiger partial charge in [0.2, 0.25) is 0 Å². The average Bonchev–Trinajstić information content (AvgIpc) is 2.93. The number of halogens is 2. The molecule has 2 aliphatic rings. The minimum absolute atomic E-state index is 0.0449. The second-order valence-electron chi connectivity index (χ2n) is 6.03. The van der Waals surface area contributed by atoms with Crippen LogP contribution >= 0.6 is 0 Å². The molecule has 3 rings (SSSR count). The van der Waals surface area contributed by atoms with Crippen molar-refractivity contribution >= 4 is 5.91 Å². The Bertz CT molecular complexity index is 546. The molecule has 2 fully saturated rings. The lowest BCUT2D eigenvalue weighted by Crippen LogP contribution is -2.61. The van der Waals surface area contributed by atoms with Crippen molar-refractivity contribution in [3.05, 3.63) is 35.9 Å². The monoisotopic (exact) mass is 311 g/mol. The quantitative estimate of drug-likeness (QED) is 0.896. The number of carbonyl (C=O) groups is 1. The summed E-state index contributed by atoms with van der Waals surface area (Å²) in [6.07, 6.45) is 0.461. The average molecular weight is 311 g/mol. The minimum Gasteiger partial charge on any atom is -0.383 e. The molecule has 1 aromatic rings. The molecule has 0 spiro atoms. The normalized spacial score (nSPS) is 27.2. The number of rotatable bonds is 4. The van der Waals surface area contributed by atoms with Crippen LogP contribution in [0.5, 0.6) is 0 Å². The van der Waals surface area contributed by atoms with Crippen molar-refractivity contribution in [2.45, 2.75) is 49.4 Å². The highest BCUT2D eigenvalue weighted by Gasteiger charge is 2.61. The van der Waals surface area contributed by atoms with E-state index in [1.807, 2.05) is 30.3 Å². The Balaban J connectivity index is 1.71. The molecule has 0 bridgehead atoms. The highest BCUT2D eigenvalue weighted by molar-refractivity contribution is 5.85. The van der Waals surface area contributed by atoms with Crippen molar-refractivity contribution in [3.8, 4) is 0 Å². The molecule has 1 saturated heterocycles. The van der Waals surface area contributed by atoms with Crippen LogP contribution in [0.15, 0.2) is 30.3 Å². The first-order valence-electron chi connectivity index (χ1n) is 7.52. The molecule has 1 aromatic carbocycles. The molecule has 0 aromatic heterocycles. The van der Waals surface area contributed by atoms with Gasteiger partial charge in [0, 0.05) is 6.61 Å². The van der Waals surface area contributed by atoms with Crippen LogP contribution in [0.3, 0.4) is 0 Å². The number of carbonyl (C=O) groups excluding carboxylic acids is 1. The molecule has 4 nitrogen and oxygen atoms in total. The second kappa shape index (κ2) is 5.59. The molecule has 2 unspecified atom stereocenters. The third-order valence-corrected chi connectivity index (χ3v) is 4.59. The van der Waals surface area contributed by atoms with Gasteiger partial charge in [-0.25, -0.2) is 0 Å². The zero-order chi connectivity index (χ0) is 15.8. The first kappa shape index (κ1) is 15.4. The summed E-state index contributed by atoms with van der Waals surface area (Å²) in [7, 11) is 0. The van der Waals surface area contributed by atoms with Gasteiger partial charge in [0.25, 0.3) is 5.91 Å². The maximum atomic E-state index is 14.1. The minimum atomic E-state index is -3.77. The molecule has 1 aliphatic heterocycles. The SMILES string of the molecule is O=C(NC1CCOC1c1ccccc1)C(F)(F)C1(O)CCC1. The summed E-state index contributed by atoms with van der Waals surface area (Å²) in [6, 6.07) is 8.69. The van der Waals surface area contributed by atoms with Crippen LogP contribution in [-0.4, -0.2) is 35.2 Å². The van der Waals surface area contributed by atoms with E-state index in [-0.39, 0.29) is 12.8 Å². The highest BCUT2D eigenvalue weighted by atomic mass is 19.3. The van der Waals surface area contributed by atoms with Gasteiger partial charge in [0.1, 0.15) is 11.7 Å². The van der Waals surface area contributed by atoms with Crippen molar-refractivity contribution in [2.75, 3.05) is 6.61 Å². The highest BCUT2D eigenvalue weighted by Crippen LogP contribution is 2.44. The lowest BCUT2D eigenvalue weighted by Gasteiger charge is -2.41. The Labute approximate surface area is 127 Å². The summed E-state index contributed by atoms with van der Waals surface area (Å²) in [5.74, 6) is -5.18. The van der Waals surface area contributed by atoms with E-state index in [0.717, 1.165) is 5.56 Å². The lowest BCUT2D eigenvalue weighted by molar-refractivity contribution is -0.216. The van der Waals surface area contributed by atoms with Crippen LogP contribution in [0, 0.1) is 0 Å². The number of hydrogen-bond acceptors (Lipinski definition) is 3. The Morgan fingerprint density at radius 1 is 1.32 bits per heavy atom. The Morgan fingerprint density at radius 3 is 2.59 bits per heavy atom. The van der Waals surface area contributed by atoms with Gasteiger partial charge in [-0.3, -0.25) is 4.79 Å². The van der Waals surface area contributed by atoms with E-state index >= 15 is 0 Å². The zero-order valence-electron chi connectivity index (χ0n) is 12.1. The van der Waals surface area contributed by atoms with Crippen molar-refractivity contribution in [1.29, 1.82) is 0 Å². The second-order valence-corrected chi connectivity index (χ2v) is 6.03. The number of hydrogen-bond donors (Lipinski definition) is 2. The summed E-state index contributed by atoms with van der Waals surface area (Å²) in [4.78, 5) is 12.0. The Hall–Kier alpha value is -1.53. The lowest BCUT2D eigenvalue weighted by atomic mass is 9.75. The smallest absolute Gasteiger partial charge is 0.352 e. The fourth-order valence-corrected chi connectivity index (χ4v) is 3.00. The molecule has 2 atom stereocenters. The van der Waals surface area contributed by atoms with Crippen LogP contribution in [0.1, 0.15) is 37.4 Å². The number of alkyl halides is 2. The van der Waals surface area contributed by atoms with Gasteiger partial charge >= 0.3 is 5.92 Å². The molecular formula is C16H19F2NO3. The van der Waals surface area contributed by atoms with E-state index in [0.29, 0.717) is 19.4 Å². The molecular weight excluding hydrogens is 292 g/mol. The first-order valence-corrected chi connectivity index (χ1v) is 7.52. The predicted octanol–water partition coefficient (Wildman–Crippen LogP) is 2.18. The van der Waals surface area contributed by atoms with Gasteiger partial charge in [-0.1, -0.05) is 30.3 Å². The molecule has 0 radical (unpaired) electrons. The molecule has 1 aliphatic carbocycles. The van der Waals surface area contributed by atoms with Gasteiger partial charge in [-0.2, -0.15) is 8.78 Å². The first-order chi connectivity index (χ1) is 10.4. The number of nitrogens with one attached hydrogen (secondary N) is 1. The summed E-state index contributed by atoms with van der Waals surface area (Å²) in [5.41, 5.74) is -1.35. The van der Waals surface area contributed by atoms with E-state index in [1.54, 1.807) is 0 Å². The molecule has 1 amide bonds. The van der Waals surface area contributed by atoms with Gasteiger partial charge < -0.3 is 15.2 Å². The zero-order valence-corrected chi connectivity index (χ0v) is 12.1.